The van der Waals surface area contributed by atoms with Crippen LogP contribution in [0.4, 0.5) is 0 Å². The third-order valence-corrected chi connectivity index (χ3v) is 5.12. The van der Waals surface area contributed by atoms with Crippen LogP contribution in [-0.4, -0.2) is 53.2 Å². The number of aryl methyl sites for hydroxylation is 1. The van der Waals surface area contributed by atoms with E-state index in [9.17, 15) is 15.0 Å². The van der Waals surface area contributed by atoms with E-state index in [4.69, 9.17) is 9.47 Å². The normalized spacial score (nSPS) is 27.6. The predicted molar refractivity (Wildman–Crippen MR) is 108 cm³/mol. The maximum absolute atomic E-state index is 13.1. The van der Waals surface area contributed by atoms with E-state index >= 15 is 0 Å². The molecule has 0 radical (unpaired) electrons. The summed E-state index contributed by atoms with van der Waals surface area (Å²) in [5.41, 5.74) is 0.764. The number of rotatable bonds is 9. The monoisotopic (exact) mass is 391 g/mol. The summed E-state index contributed by atoms with van der Waals surface area (Å²) in [4.78, 5) is 13.1. The Morgan fingerprint density at radius 2 is 2.07 bits per heavy atom. The van der Waals surface area contributed by atoms with Gasteiger partial charge in [0.15, 0.2) is 5.60 Å². The molecular weight excluding hydrogens is 358 g/mol. The molecular formula is C22H33NO5. The number of nitrogens with one attached hydrogen (secondary N) is 1. The van der Waals surface area contributed by atoms with Crippen molar-refractivity contribution in [3.8, 4) is 0 Å². The SMILES string of the molecule is C=CCO[C@H]1C[C@](OCc2ccccc2C)(C(=O)NCC(C)C)C[C@@H](O)[C@H]1O. The van der Waals surface area contributed by atoms with Crippen molar-refractivity contribution < 1.29 is 24.5 Å². The lowest BCUT2D eigenvalue weighted by Gasteiger charge is -2.44. The molecule has 1 aliphatic carbocycles. The summed E-state index contributed by atoms with van der Waals surface area (Å²) >= 11 is 0. The molecule has 2 rings (SSSR count). The van der Waals surface area contributed by atoms with Crippen LogP contribution in [0.25, 0.3) is 0 Å². The summed E-state index contributed by atoms with van der Waals surface area (Å²) < 4.78 is 11.8. The fourth-order valence-electron chi connectivity index (χ4n) is 3.40. The van der Waals surface area contributed by atoms with Crippen molar-refractivity contribution in [3.05, 3.63) is 48.0 Å². The highest BCUT2D eigenvalue weighted by Crippen LogP contribution is 2.35. The fourth-order valence-corrected chi connectivity index (χ4v) is 3.40. The summed E-state index contributed by atoms with van der Waals surface area (Å²) in [5.74, 6) is -0.00257. The Morgan fingerprint density at radius 1 is 1.36 bits per heavy atom. The Morgan fingerprint density at radius 3 is 2.71 bits per heavy atom. The number of amides is 1. The first-order chi connectivity index (χ1) is 13.3. The van der Waals surface area contributed by atoms with E-state index in [0.717, 1.165) is 11.1 Å². The minimum absolute atomic E-state index is 0.0118. The molecule has 6 heteroatoms. The third kappa shape index (κ3) is 5.64. The first-order valence-corrected chi connectivity index (χ1v) is 9.84. The molecule has 0 heterocycles. The number of ether oxygens (including phenoxy) is 2. The molecule has 4 atom stereocenters. The van der Waals surface area contributed by atoms with Crippen molar-refractivity contribution in [2.24, 2.45) is 5.92 Å². The average molecular weight is 392 g/mol. The first-order valence-electron chi connectivity index (χ1n) is 9.84. The molecule has 156 valence electrons. The first kappa shape index (κ1) is 22.6. The van der Waals surface area contributed by atoms with Crippen LogP contribution in [0.2, 0.25) is 0 Å². The largest absolute Gasteiger partial charge is 0.390 e. The molecule has 1 aromatic carbocycles. The van der Waals surface area contributed by atoms with Crippen LogP contribution in [0.1, 0.15) is 37.8 Å². The topological polar surface area (TPSA) is 88.0 Å². The molecule has 1 fully saturated rings. The van der Waals surface area contributed by atoms with Crippen LogP contribution in [0.15, 0.2) is 36.9 Å². The highest BCUT2D eigenvalue weighted by molar-refractivity contribution is 5.85. The van der Waals surface area contributed by atoms with Crippen LogP contribution in [0.3, 0.4) is 0 Å². The Kier molecular flexibility index (Phi) is 8.19. The maximum Gasteiger partial charge on any atom is 0.252 e. The van der Waals surface area contributed by atoms with E-state index in [1.54, 1.807) is 6.08 Å². The molecule has 28 heavy (non-hydrogen) atoms. The molecule has 0 unspecified atom stereocenters. The van der Waals surface area contributed by atoms with Crippen molar-refractivity contribution in [1.29, 1.82) is 0 Å². The van der Waals surface area contributed by atoms with Gasteiger partial charge in [0.25, 0.3) is 5.91 Å². The molecule has 3 N–H and O–H groups in total. The van der Waals surface area contributed by atoms with Gasteiger partial charge >= 0.3 is 0 Å². The van der Waals surface area contributed by atoms with Crippen molar-refractivity contribution in [3.63, 3.8) is 0 Å². The van der Waals surface area contributed by atoms with Crippen LogP contribution < -0.4 is 5.32 Å². The molecule has 0 spiro atoms. The second-order valence-corrected chi connectivity index (χ2v) is 7.94. The van der Waals surface area contributed by atoms with Crippen molar-refractivity contribution in [1.82, 2.24) is 5.32 Å². The third-order valence-electron chi connectivity index (χ3n) is 5.12. The number of hydrogen-bond donors (Lipinski definition) is 3. The van der Waals surface area contributed by atoms with E-state index in [0.29, 0.717) is 6.54 Å². The lowest BCUT2D eigenvalue weighted by atomic mass is 9.78. The quantitative estimate of drug-likeness (QED) is 0.561. The summed E-state index contributed by atoms with van der Waals surface area (Å²) in [6.45, 7) is 10.6. The van der Waals surface area contributed by atoms with Gasteiger partial charge in [0.05, 0.1) is 25.4 Å². The summed E-state index contributed by atoms with van der Waals surface area (Å²) in [6, 6.07) is 7.81. The van der Waals surface area contributed by atoms with Crippen LogP contribution in [-0.2, 0) is 20.9 Å². The summed E-state index contributed by atoms with van der Waals surface area (Å²) in [7, 11) is 0. The van der Waals surface area contributed by atoms with Crippen LogP contribution >= 0.6 is 0 Å². The number of aliphatic hydroxyl groups excluding tert-OH is 2. The van der Waals surface area contributed by atoms with Gasteiger partial charge in [-0.15, -0.1) is 6.58 Å². The molecule has 6 nitrogen and oxygen atoms in total. The van der Waals surface area contributed by atoms with Gasteiger partial charge in [0, 0.05) is 19.4 Å². The zero-order valence-corrected chi connectivity index (χ0v) is 17.1. The van der Waals surface area contributed by atoms with Gasteiger partial charge < -0.3 is 25.0 Å². The van der Waals surface area contributed by atoms with E-state index in [1.807, 2.05) is 45.0 Å². The Balaban J connectivity index is 2.25. The van der Waals surface area contributed by atoms with Crippen LogP contribution in [0.5, 0.6) is 0 Å². The van der Waals surface area contributed by atoms with Gasteiger partial charge in [-0.2, -0.15) is 0 Å². The van der Waals surface area contributed by atoms with E-state index in [2.05, 4.69) is 11.9 Å². The number of carbonyl (C=O) groups excluding carboxylic acids is 1. The van der Waals surface area contributed by atoms with Crippen molar-refractivity contribution in [2.45, 2.75) is 64.1 Å². The summed E-state index contributed by atoms with van der Waals surface area (Å²) in [6.07, 6.45) is -1.17. The van der Waals surface area contributed by atoms with E-state index in [1.165, 1.54) is 0 Å². The number of benzene rings is 1. The van der Waals surface area contributed by atoms with Gasteiger partial charge in [0.2, 0.25) is 0 Å². The lowest BCUT2D eigenvalue weighted by Crippen LogP contribution is -2.61. The second-order valence-electron chi connectivity index (χ2n) is 7.94. The Hall–Kier alpha value is -1.73. The van der Waals surface area contributed by atoms with Gasteiger partial charge in [-0.25, -0.2) is 0 Å². The second kappa shape index (κ2) is 10.2. The zero-order valence-electron chi connectivity index (χ0n) is 17.1. The zero-order chi connectivity index (χ0) is 20.7. The molecule has 1 aliphatic rings. The van der Waals surface area contributed by atoms with Crippen molar-refractivity contribution >= 4 is 5.91 Å². The minimum atomic E-state index is -1.28. The molecule has 1 aromatic rings. The number of hydrogen-bond acceptors (Lipinski definition) is 5. The minimum Gasteiger partial charge on any atom is -0.390 e. The highest BCUT2D eigenvalue weighted by Gasteiger charge is 2.51. The fraction of sp³-hybridized carbons (Fsp3) is 0.591. The molecule has 0 aliphatic heterocycles. The maximum atomic E-state index is 13.1. The smallest absolute Gasteiger partial charge is 0.252 e. The average Bonchev–Trinajstić information content (AvgIpc) is 2.66. The van der Waals surface area contributed by atoms with Crippen LogP contribution in [0, 0.1) is 12.8 Å². The number of aliphatic hydroxyl groups is 2. The molecule has 1 saturated carbocycles. The van der Waals surface area contributed by atoms with Crippen molar-refractivity contribution in [2.75, 3.05) is 13.2 Å². The Labute approximate surface area is 167 Å². The molecule has 1 amide bonds. The van der Waals surface area contributed by atoms with E-state index < -0.39 is 23.9 Å². The molecule has 0 bridgehead atoms. The lowest BCUT2D eigenvalue weighted by molar-refractivity contribution is -0.196. The van der Waals surface area contributed by atoms with E-state index in [-0.39, 0.29) is 37.9 Å². The standard InChI is InChI=1S/C22H33NO5/c1-5-10-27-19-12-22(11-18(24)20(19)25,21(26)23-13-15(2)3)28-14-17-9-7-6-8-16(17)4/h5-9,15,18-20,24-25H,1,10-14H2,2-4H3,(H,23,26)/t18-,19+,20-,22+/m1/s1. The number of carbonyl (C=O) groups is 1. The summed E-state index contributed by atoms with van der Waals surface area (Å²) in [5, 5.41) is 23.7. The van der Waals surface area contributed by atoms with Gasteiger partial charge in [-0.05, 0) is 24.0 Å². The van der Waals surface area contributed by atoms with Gasteiger partial charge in [-0.1, -0.05) is 44.2 Å². The molecule has 0 aromatic heterocycles. The molecule has 0 saturated heterocycles. The predicted octanol–water partition coefficient (Wildman–Crippen LogP) is 2.11. The van der Waals surface area contributed by atoms with Gasteiger partial charge in [-0.3, -0.25) is 4.79 Å². The van der Waals surface area contributed by atoms with Gasteiger partial charge in [0.1, 0.15) is 6.10 Å². The Bertz CT molecular complexity index is 662. The highest BCUT2D eigenvalue weighted by atomic mass is 16.5.